The van der Waals surface area contributed by atoms with Crippen molar-refractivity contribution < 1.29 is 14.3 Å². The van der Waals surface area contributed by atoms with E-state index in [0.717, 1.165) is 37.2 Å². The molecule has 1 aliphatic heterocycles. The Bertz CT molecular complexity index is 525. The average molecular weight is 320 g/mol. The number of hydrogen-bond donors (Lipinski definition) is 1. The van der Waals surface area contributed by atoms with Gasteiger partial charge in [0.05, 0.1) is 12.6 Å². The highest BCUT2D eigenvalue weighted by Gasteiger charge is 2.31. The van der Waals surface area contributed by atoms with Crippen LogP contribution in [0.4, 0.5) is 10.5 Å². The third-order valence-electron chi connectivity index (χ3n) is 3.85. The third-order valence-corrected chi connectivity index (χ3v) is 3.85. The summed E-state index contributed by atoms with van der Waals surface area (Å²) in [5, 5.41) is 3.46. The molecule has 1 fully saturated rings. The summed E-state index contributed by atoms with van der Waals surface area (Å²) in [5.74, 6) is 0. The molecular weight excluding hydrogens is 292 g/mol. The lowest BCUT2D eigenvalue weighted by Crippen LogP contribution is -2.42. The predicted octanol–water partition coefficient (Wildman–Crippen LogP) is 3.64. The molecule has 1 unspecified atom stereocenters. The Labute approximate surface area is 139 Å². The van der Waals surface area contributed by atoms with Crippen LogP contribution < -0.4 is 5.32 Å². The summed E-state index contributed by atoms with van der Waals surface area (Å²) in [6, 6.07) is 8.26. The van der Waals surface area contributed by atoms with E-state index in [0.29, 0.717) is 6.61 Å². The lowest BCUT2D eigenvalue weighted by Gasteiger charge is -2.29. The zero-order chi connectivity index (χ0) is 16.9. The topological polar surface area (TPSA) is 50.8 Å². The molecular formula is C18H28N2O3. The molecule has 1 aromatic rings. The van der Waals surface area contributed by atoms with E-state index in [9.17, 15) is 4.79 Å². The first-order valence-corrected chi connectivity index (χ1v) is 8.21. The first-order chi connectivity index (χ1) is 10.9. The van der Waals surface area contributed by atoms with E-state index in [1.807, 2.05) is 49.9 Å². The maximum Gasteiger partial charge on any atom is 0.410 e. The molecule has 1 N–H and O–H groups in total. The van der Waals surface area contributed by atoms with Gasteiger partial charge in [-0.2, -0.15) is 0 Å². The number of carbonyl (C=O) groups excluding carboxylic acids is 1. The number of nitrogens with one attached hydrogen (secondary N) is 1. The van der Waals surface area contributed by atoms with Crippen LogP contribution in [-0.4, -0.2) is 42.8 Å². The van der Waals surface area contributed by atoms with Gasteiger partial charge in [0, 0.05) is 31.5 Å². The Morgan fingerprint density at radius 1 is 1.35 bits per heavy atom. The maximum absolute atomic E-state index is 12.3. The van der Waals surface area contributed by atoms with Crippen LogP contribution >= 0.6 is 0 Å². The van der Waals surface area contributed by atoms with Gasteiger partial charge < -0.3 is 19.7 Å². The first-order valence-electron chi connectivity index (χ1n) is 8.21. The van der Waals surface area contributed by atoms with Crippen molar-refractivity contribution in [2.75, 3.05) is 25.5 Å². The largest absolute Gasteiger partial charge is 0.444 e. The molecule has 1 amide bonds. The maximum atomic E-state index is 12.3. The van der Waals surface area contributed by atoms with Crippen molar-refractivity contribution in [3.05, 3.63) is 29.8 Å². The quantitative estimate of drug-likeness (QED) is 0.900. The number of hydrogen-bond acceptors (Lipinski definition) is 4. The summed E-state index contributed by atoms with van der Waals surface area (Å²) in [4.78, 5) is 14.2. The number of likely N-dealkylation sites (tertiary alicyclic amines) is 1. The highest BCUT2D eigenvalue weighted by molar-refractivity contribution is 5.69. The minimum absolute atomic E-state index is 0.167. The number of amides is 1. The molecule has 0 saturated carbocycles. The van der Waals surface area contributed by atoms with Crippen LogP contribution in [0.1, 0.15) is 39.2 Å². The fourth-order valence-corrected chi connectivity index (χ4v) is 2.81. The van der Waals surface area contributed by atoms with Gasteiger partial charge in [-0.05, 0) is 39.7 Å². The molecule has 0 spiro atoms. The van der Waals surface area contributed by atoms with Crippen molar-refractivity contribution in [3.63, 3.8) is 0 Å². The zero-order valence-corrected chi connectivity index (χ0v) is 14.6. The van der Waals surface area contributed by atoms with Crippen LogP contribution in [0.5, 0.6) is 0 Å². The Hall–Kier alpha value is -1.75. The van der Waals surface area contributed by atoms with Crippen LogP contribution in [0.2, 0.25) is 0 Å². The van der Waals surface area contributed by atoms with Crippen LogP contribution in [0.25, 0.3) is 0 Å². The van der Waals surface area contributed by atoms with Crippen molar-refractivity contribution >= 4 is 11.8 Å². The highest BCUT2D eigenvalue weighted by atomic mass is 16.6. The summed E-state index contributed by atoms with van der Waals surface area (Å²) < 4.78 is 10.7. The van der Waals surface area contributed by atoms with Gasteiger partial charge in [-0.15, -0.1) is 0 Å². The summed E-state index contributed by atoms with van der Waals surface area (Å²) in [6.07, 6.45) is 1.80. The number of methoxy groups -OCH3 is 1. The minimum atomic E-state index is -0.456. The summed E-state index contributed by atoms with van der Waals surface area (Å²) >= 11 is 0. The predicted molar refractivity (Wildman–Crippen MR) is 91.6 cm³/mol. The average Bonchev–Trinajstić information content (AvgIpc) is 2.93. The molecule has 0 aromatic heterocycles. The number of para-hydroxylation sites is 1. The molecule has 2 rings (SSSR count). The van der Waals surface area contributed by atoms with Crippen molar-refractivity contribution in [2.45, 2.75) is 51.9 Å². The molecule has 1 saturated heterocycles. The Morgan fingerprint density at radius 2 is 2.09 bits per heavy atom. The lowest BCUT2D eigenvalue weighted by atomic mass is 10.1. The molecule has 5 heteroatoms. The second-order valence-electron chi connectivity index (χ2n) is 6.94. The summed E-state index contributed by atoms with van der Waals surface area (Å²) in [7, 11) is 1.69. The number of ether oxygens (including phenoxy) is 2. The molecule has 0 aliphatic carbocycles. The lowest BCUT2D eigenvalue weighted by molar-refractivity contribution is 0.0235. The number of nitrogens with zero attached hydrogens (tertiary/aromatic N) is 1. The highest BCUT2D eigenvalue weighted by Crippen LogP contribution is 2.22. The third kappa shape index (κ3) is 5.13. The second kappa shape index (κ2) is 7.68. The number of benzene rings is 1. The Morgan fingerprint density at radius 3 is 2.78 bits per heavy atom. The van der Waals surface area contributed by atoms with E-state index >= 15 is 0 Å². The van der Waals surface area contributed by atoms with E-state index in [-0.39, 0.29) is 12.1 Å². The molecule has 128 valence electrons. The van der Waals surface area contributed by atoms with Crippen LogP contribution in [-0.2, 0) is 16.1 Å². The van der Waals surface area contributed by atoms with Gasteiger partial charge in [-0.3, -0.25) is 0 Å². The van der Waals surface area contributed by atoms with Crippen LogP contribution in [0.3, 0.4) is 0 Å². The monoisotopic (exact) mass is 320 g/mol. The fourth-order valence-electron chi connectivity index (χ4n) is 2.81. The molecule has 1 atom stereocenters. The van der Waals surface area contributed by atoms with Crippen LogP contribution in [0.15, 0.2) is 24.3 Å². The van der Waals surface area contributed by atoms with Gasteiger partial charge in [0.15, 0.2) is 0 Å². The van der Waals surface area contributed by atoms with Crippen molar-refractivity contribution in [3.8, 4) is 0 Å². The summed E-state index contributed by atoms with van der Waals surface area (Å²) in [5.41, 5.74) is 1.73. The van der Waals surface area contributed by atoms with Crippen molar-refractivity contribution in [2.24, 2.45) is 0 Å². The first kappa shape index (κ1) is 17.6. The van der Waals surface area contributed by atoms with Crippen molar-refractivity contribution in [1.82, 2.24) is 4.90 Å². The molecule has 1 aromatic carbocycles. The number of carbonyl (C=O) groups is 1. The van der Waals surface area contributed by atoms with E-state index in [2.05, 4.69) is 5.32 Å². The van der Waals surface area contributed by atoms with E-state index in [1.165, 1.54) is 0 Å². The Balaban J connectivity index is 1.96. The van der Waals surface area contributed by atoms with Gasteiger partial charge in [0.25, 0.3) is 0 Å². The molecule has 23 heavy (non-hydrogen) atoms. The van der Waals surface area contributed by atoms with Crippen molar-refractivity contribution in [1.29, 1.82) is 0 Å². The van der Waals surface area contributed by atoms with E-state index in [4.69, 9.17) is 9.47 Å². The van der Waals surface area contributed by atoms with Gasteiger partial charge in [-0.1, -0.05) is 18.2 Å². The molecule has 0 bridgehead atoms. The molecule has 1 aliphatic rings. The smallest absolute Gasteiger partial charge is 0.410 e. The van der Waals surface area contributed by atoms with Crippen LogP contribution in [0, 0.1) is 0 Å². The zero-order valence-electron chi connectivity index (χ0n) is 14.6. The number of anilines is 1. The van der Waals surface area contributed by atoms with Gasteiger partial charge in [0.1, 0.15) is 5.60 Å². The minimum Gasteiger partial charge on any atom is -0.444 e. The molecule has 5 nitrogen and oxygen atoms in total. The second-order valence-corrected chi connectivity index (χ2v) is 6.94. The van der Waals surface area contributed by atoms with Gasteiger partial charge in [0.2, 0.25) is 0 Å². The van der Waals surface area contributed by atoms with Gasteiger partial charge >= 0.3 is 6.09 Å². The SMILES string of the molecule is COCc1ccccc1NCC1CCCN1C(=O)OC(C)(C)C. The molecule has 1 heterocycles. The summed E-state index contributed by atoms with van der Waals surface area (Å²) in [6.45, 7) is 7.75. The normalized spacial score (nSPS) is 18.1. The molecule has 0 radical (unpaired) electrons. The van der Waals surface area contributed by atoms with Gasteiger partial charge in [-0.25, -0.2) is 4.79 Å². The van der Waals surface area contributed by atoms with E-state index in [1.54, 1.807) is 7.11 Å². The standard InChI is InChI=1S/C18H28N2O3/c1-18(2,3)23-17(21)20-11-7-9-15(20)12-19-16-10-6-5-8-14(16)13-22-4/h5-6,8,10,15,19H,7,9,11-13H2,1-4H3. The number of rotatable bonds is 5. The fraction of sp³-hybridized carbons (Fsp3) is 0.611. The Kier molecular flexibility index (Phi) is 5.88. The van der Waals surface area contributed by atoms with E-state index < -0.39 is 5.60 Å².